The van der Waals surface area contributed by atoms with Crippen LogP contribution in [-0.4, -0.2) is 46.6 Å². The van der Waals surface area contributed by atoms with Gasteiger partial charge in [-0.15, -0.1) is 0 Å². The van der Waals surface area contributed by atoms with Crippen LogP contribution in [0.25, 0.3) is 0 Å². The molecule has 0 saturated carbocycles. The molecule has 1 atom stereocenters. The minimum absolute atomic E-state index is 0.0326. The van der Waals surface area contributed by atoms with Crippen LogP contribution < -0.4 is 0 Å². The highest BCUT2D eigenvalue weighted by atomic mass is 15.3. The first kappa shape index (κ1) is 17.4. The van der Waals surface area contributed by atoms with E-state index in [2.05, 4.69) is 71.3 Å². The molecule has 0 bridgehead atoms. The quantitative estimate of drug-likeness (QED) is 0.698. The molecule has 0 radical (unpaired) electrons. The molecule has 0 heterocycles. The fourth-order valence-corrected chi connectivity index (χ4v) is 2.74. The van der Waals surface area contributed by atoms with Crippen LogP contribution in [0.4, 0.5) is 0 Å². The Kier molecular flexibility index (Phi) is 7.51. The third-order valence-corrected chi connectivity index (χ3v) is 3.41. The highest BCUT2D eigenvalue weighted by molar-refractivity contribution is 4.97. The molecule has 0 aromatic carbocycles. The molecule has 0 aliphatic heterocycles. The van der Waals surface area contributed by atoms with E-state index < -0.39 is 0 Å². The summed E-state index contributed by atoms with van der Waals surface area (Å²) in [7, 11) is 0. The highest BCUT2D eigenvalue weighted by Gasteiger charge is 2.27. The Morgan fingerprint density at radius 3 is 1.39 bits per heavy atom. The first-order chi connectivity index (χ1) is 8.22. The predicted molar refractivity (Wildman–Crippen MR) is 78.5 cm³/mol. The third kappa shape index (κ3) is 4.96. The lowest BCUT2D eigenvalue weighted by molar-refractivity contribution is 0.0822. The second-order valence-corrected chi connectivity index (χ2v) is 6.16. The zero-order valence-corrected chi connectivity index (χ0v) is 13.4. The maximum Gasteiger partial charge on any atom is 0.111 e. The van der Waals surface area contributed by atoms with Crippen molar-refractivity contribution in [1.82, 2.24) is 9.80 Å². The number of hydrogen-bond donors (Lipinski definition) is 0. The Labute approximate surface area is 114 Å². The van der Waals surface area contributed by atoms with Gasteiger partial charge in [-0.3, -0.25) is 9.80 Å². The zero-order chi connectivity index (χ0) is 14.5. The molecule has 0 aromatic rings. The van der Waals surface area contributed by atoms with Gasteiger partial charge in [-0.25, -0.2) is 0 Å². The normalized spacial score (nSPS) is 14.3. The van der Waals surface area contributed by atoms with Gasteiger partial charge in [0.25, 0.3) is 0 Å². The van der Waals surface area contributed by atoms with Crippen molar-refractivity contribution in [2.45, 2.75) is 85.6 Å². The Bertz CT molecular complexity index is 247. The van der Waals surface area contributed by atoms with Gasteiger partial charge in [0, 0.05) is 30.7 Å². The summed E-state index contributed by atoms with van der Waals surface area (Å²) in [5.41, 5.74) is 0. The minimum Gasteiger partial charge on any atom is -0.296 e. The van der Waals surface area contributed by atoms with Crippen LogP contribution in [0.2, 0.25) is 0 Å². The molecule has 3 heteroatoms. The van der Waals surface area contributed by atoms with E-state index in [9.17, 15) is 5.26 Å². The summed E-state index contributed by atoms with van der Waals surface area (Å²) in [4.78, 5) is 4.70. The number of nitrogens with zero attached hydrogens (tertiary/aromatic N) is 3. The molecule has 0 aliphatic carbocycles. The van der Waals surface area contributed by atoms with Gasteiger partial charge in [0.15, 0.2) is 0 Å². The van der Waals surface area contributed by atoms with Crippen molar-refractivity contribution in [1.29, 1.82) is 5.26 Å². The monoisotopic (exact) mass is 253 g/mol. The molecule has 0 amide bonds. The lowest BCUT2D eigenvalue weighted by Gasteiger charge is -2.39. The molecule has 0 fully saturated rings. The lowest BCUT2D eigenvalue weighted by Crippen LogP contribution is -2.52. The summed E-state index contributed by atoms with van der Waals surface area (Å²) in [6.45, 7) is 18.3. The van der Waals surface area contributed by atoms with Crippen LogP contribution in [0.15, 0.2) is 0 Å². The molecule has 0 N–H and O–H groups in total. The Balaban J connectivity index is 4.92. The average Bonchev–Trinajstić information content (AvgIpc) is 2.21. The smallest absolute Gasteiger partial charge is 0.111 e. The van der Waals surface area contributed by atoms with Crippen LogP contribution in [0, 0.1) is 11.3 Å². The number of hydrogen-bond acceptors (Lipinski definition) is 3. The fraction of sp³-hybridized carbons (Fsp3) is 0.933. The summed E-state index contributed by atoms with van der Waals surface area (Å²) in [6.07, 6.45) is 0. The molecule has 0 rings (SSSR count). The van der Waals surface area contributed by atoms with Gasteiger partial charge in [0.1, 0.15) is 6.04 Å². The van der Waals surface area contributed by atoms with E-state index in [0.29, 0.717) is 24.2 Å². The Morgan fingerprint density at radius 1 is 0.778 bits per heavy atom. The van der Waals surface area contributed by atoms with E-state index in [1.807, 2.05) is 0 Å². The number of rotatable bonds is 7. The largest absolute Gasteiger partial charge is 0.296 e. The van der Waals surface area contributed by atoms with Gasteiger partial charge in [-0.05, 0) is 55.4 Å². The van der Waals surface area contributed by atoms with Gasteiger partial charge in [-0.1, -0.05) is 0 Å². The van der Waals surface area contributed by atoms with Crippen molar-refractivity contribution in [3.8, 4) is 6.07 Å². The van der Waals surface area contributed by atoms with Crippen LogP contribution in [0.1, 0.15) is 55.4 Å². The van der Waals surface area contributed by atoms with Gasteiger partial charge in [0.05, 0.1) is 6.07 Å². The summed E-state index contributed by atoms with van der Waals surface area (Å²) in [6, 6.07) is 4.20. The maximum absolute atomic E-state index is 9.49. The van der Waals surface area contributed by atoms with E-state index in [1.54, 1.807) is 0 Å². The molecular weight excluding hydrogens is 222 g/mol. The SMILES string of the molecule is CC(C)N(CC(C#N)N(C(C)C)C(C)C)C(C)C. The first-order valence-electron chi connectivity index (χ1n) is 7.15. The summed E-state index contributed by atoms with van der Waals surface area (Å²) >= 11 is 0. The summed E-state index contributed by atoms with van der Waals surface area (Å²) in [5.74, 6) is 0. The molecule has 106 valence electrons. The molecule has 0 aliphatic rings. The molecule has 1 unspecified atom stereocenters. The topological polar surface area (TPSA) is 30.3 Å². The fourth-order valence-electron chi connectivity index (χ4n) is 2.74. The molecule has 0 saturated heterocycles. The van der Waals surface area contributed by atoms with Gasteiger partial charge in [0.2, 0.25) is 0 Å². The Hall–Kier alpha value is -0.590. The van der Waals surface area contributed by atoms with Crippen LogP contribution in [0.5, 0.6) is 0 Å². The van der Waals surface area contributed by atoms with Crippen molar-refractivity contribution in [3.05, 3.63) is 0 Å². The van der Waals surface area contributed by atoms with E-state index in [1.165, 1.54) is 0 Å². The van der Waals surface area contributed by atoms with Crippen molar-refractivity contribution >= 4 is 0 Å². The predicted octanol–water partition coefficient (Wildman–Crippen LogP) is 3.12. The molecule has 3 nitrogen and oxygen atoms in total. The third-order valence-electron chi connectivity index (χ3n) is 3.41. The molecule has 18 heavy (non-hydrogen) atoms. The Morgan fingerprint density at radius 2 is 1.17 bits per heavy atom. The minimum atomic E-state index is -0.0326. The van der Waals surface area contributed by atoms with Gasteiger partial charge >= 0.3 is 0 Å². The second-order valence-electron chi connectivity index (χ2n) is 6.16. The summed E-state index contributed by atoms with van der Waals surface area (Å²) in [5, 5.41) is 9.49. The van der Waals surface area contributed by atoms with Gasteiger partial charge < -0.3 is 0 Å². The van der Waals surface area contributed by atoms with E-state index in [-0.39, 0.29) is 6.04 Å². The van der Waals surface area contributed by atoms with Crippen LogP contribution >= 0.6 is 0 Å². The molecule has 0 spiro atoms. The molecule has 0 aromatic heterocycles. The number of nitriles is 1. The molecular formula is C15H31N3. The van der Waals surface area contributed by atoms with Crippen LogP contribution in [-0.2, 0) is 0 Å². The van der Waals surface area contributed by atoms with Gasteiger partial charge in [-0.2, -0.15) is 5.26 Å². The lowest BCUT2D eigenvalue weighted by atomic mass is 10.1. The van der Waals surface area contributed by atoms with E-state index in [0.717, 1.165) is 6.54 Å². The summed E-state index contributed by atoms with van der Waals surface area (Å²) < 4.78 is 0. The van der Waals surface area contributed by atoms with Crippen molar-refractivity contribution in [3.63, 3.8) is 0 Å². The maximum atomic E-state index is 9.49. The van der Waals surface area contributed by atoms with E-state index in [4.69, 9.17) is 0 Å². The standard InChI is InChI=1S/C15H31N3/c1-11(2)17(12(3)4)10-15(9-16)18(13(5)6)14(7)8/h11-15H,10H2,1-8H3. The van der Waals surface area contributed by atoms with Crippen molar-refractivity contribution < 1.29 is 0 Å². The second kappa shape index (κ2) is 7.76. The van der Waals surface area contributed by atoms with Crippen molar-refractivity contribution in [2.75, 3.05) is 6.54 Å². The van der Waals surface area contributed by atoms with Crippen LogP contribution in [0.3, 0.4) is 0 Å². The van der Waals surface area contributed by atoms with E-state index >= 15 is 0 Å². The zero-order valence-electron chi connectivity index (χ0n) is 13.4. The highest BCUT2D eigenvalue weighted by Crippen LogP contribution is 2.14. The first-order valence-corrected chi connectivity index (χ1v) is 7.15. The van der Waals surface area contributed by atoms with Crippen molar-refractivity contribution in [2.24, 2.45) is 0 Å². The average molecular weight is 253 g/mol.